The maximum Gasteiger partial charge on any atom is 0.124 e. The van der Waals surface area contributed by atoms with Crippen LogP contribution in [0.4, 0.5) is 0 Å². The van der Waals surface area contributed by atoms with Crippen LogP contribution in [0.25, 0.3) is 0 Å². The second-order valence-electron chi connectivity index (χ2n) is 4.63. The smallest absolute Gasteiger partial charge is 0.124 e. The van der Waals surface area contributed by atoms with E-state index >= 15 is 0 Å². The summed E-state index contributed by atoms with van der Waals surface area (Å²) in [6, 6.07) is 16.6. The molecule has 2 aromatic rings. The number of nitrogens with one attached hydrogen (secondary N) is 1. The van der Waals surface area contributed by atoms with Gasteiger partial charge in [-0.3, -0.25) is 0 Å². The number of ether oxygens (including phenoxy) is 2. The average molecular weight is 255 g/mol. The summed E-state index contributed by atoms with van der Waals surface area (Å²) in [6.07, 6.45) is 0. The lowest BCUT2D eigenvalue weighted by molar-refractivity contribution is 0.310. The van der Waals surface area contributed by atoms with Crippen molar-refractivity contribution in [3.63, 3.8) is 0 Å². The zero-order valence-electron chi connectivity index (χ0n) is 10.9. The molecule has 1 atom stereocenters. The molecule has 1 heterocycles. The normalized spacial score (nSPS) is 16.8. The lowest BCUT2D eigenvalue weighted by Gasteiger charge is -2.11. The molecule has 0 bridgehead atoms. The molecule has 0 spiro atoms. The monoisotopic (exact) mass is 255 g/mol. The SMILES string of the molecule is COc1ccc(CNC2COc3ccccc32)cc1. The van der Waals surface area contributed by atoms with Gasteiger partial charge in [-0.05, 0) is 23.8 Å². The molecule has 19 heavy (non-hydrogen) atoms. The summed E-state index contributed by atoms with van der Waals surface area (Å²) in [4.78, 5) is 0. The number of rotatable bonds is 4. The quantitative estimate of drug-likeness (QED) is 0.911. The van der Waals surface area contributed by atoms with Crippen LogP contribution in [0.1, 0.15) is 17.2 Å². The Hall–Kier alpha value is -2.00. The van der Waals surface area contributed by atoms with Crippen LogP contribution in [0, 0.1) is 0 Å². The van der Waals surface area contributed by atoms with Crippen LogP contribution in [-0.4, -0.2) is 13.7 Å². The minimum atomic E-state index is 0.276. The van der Waals surface area contributed by atoms with Crippen molar-refractivity contribution in [2.75, 3.05) is 13.7 Å². The van der Waals surface area contributed by atoms with E-state index in [0.29, 0.717) is 6.61 Å². The summed E-state index contributed by atoms with van der Waals surface area (Å²) in [7, 11) is 1.68. The molecule has 98 valence electrons. The van der Waals surface area contributed by atoms with Crippen LogP contribution in [0.5, 0.6) is 11.5 Å². The highest BCUT2D eigenvalue weighted by Crippen LogP contribution is 2.31. The number of hydrogen-bond donors (Lipinski definition) is 1. The van der Waals surface area contributed by atoms with Crippen molar-refractivity contribution in [3.05, 3.63) is 59.7 Å². The number of benzene rings is 2. The minimum Gasteiger partial charge on any atom is -0.497 e. The summed E-state index contributed by atoms with van der Waals surface area (Å²) in [5.41, 5.74) is 2.49. The highest BCUT2D eigenvalue weighted by Gasteiger charge is 2.22. The third-order valence-corrected chi connectivity index (χ3v) is 3.41. The first-order valence-corrected chi connectivity index (χ1v) is 6.45. The zero-order chi connectivity index (χ0) is 13.1. The average Bonchev–Trinajstić information content (AvgIpc) is 2.89. The van der Waals surface area contributed by atoms with Gasteiger partial charge >= 0.3 is 0 Å². The second-order valence-corrected chi connectivity index (χ2v) is 4.63. The molecule has 1 aliphatic rings. The molecule has 3 rings (SSSR count). The van der Waals surface area contributed by atoms with E-state index in [4.69, 9.17) is 9.47 Å². The molecular formula is C16H17NO2. The fourth-order valence-corrected chi connectivity index (χ4v) is 2.32. The number of hydrogen-bond acceptors (Lipinski definition) is 3. The molecule has 3 nitrogen and oxygen atoms in total. The van der Waals surface area contributed by atoms with Gasteiger partial charge in [-0.2, -0.15) is 0 Å². The van der Waals surface area contributed by atoms with E-state index in [1.165, 1.54) is 11.1 Å². The zero-order valence-corrected chi connectivity index (χ0v) is 10.9. The Bertz CT molecular complexity index is 551. The first kappa shape index (κ1) is 12.1. The molecule has 0 radical (unpaired) electrons. The standard InChI is InChI=1S/C16H17NO2/c1-18-13-8-6-12(7-9-13)10-17-15-11-19-16-5-3-2-4-14(15)16/h2-9,15,17H,10-11H2,1H3. The van der Waals surface area contributed by atoms with E-state index in [1.54, 1.807) is 7.11 Å². The predicted octanol–water partition coefficient (Wildman–Crippen LogP) is 2.92. The molecule has 1 unspecified atom stereocenters. The fourth-order valence-electron chi connectivity index (χ4n) is 2.32. The summed E-state index contributed by atoms with van der Waals surface area (Å²) < 4.78 is 10.8. The lowest BCUT2D eigenvalue weighted by Crippen LogP contribution is -2.21. The molecular weight excluding hydrogens is 238 g/mol. The van der Waals surface area contributed by atoms with Gasteiger partial charge in [-0.1, -0.05) is 30.3 Å². The van der Waals surface area contributed by atoms with Gasteiger partial charge in [0.15, 0.2) is 0 Å². The van der Waals surface area contributed by atoms with E-state index < -0.39 is 0 Å². The Balaban J connectivity index is 1.64. The molecule has 0 aromatic heterocycles. The van der Waals surface area contributed by atoms with Gasteiger partial charge in [-0.15, -0.1) is 0 Å². The lowest BCUT2D eigenvalue weighted by atomic mass is 10.1. The van der Waals surface area contributed by atoms with E-state index in [2.05, 4.69) is 29.6 Å². The molecule has 0 saturated heterocycles. The number of methoxy groups -OCH3 is 1. The van der Waals surface area contributed by atoms with Crippen molar-refractivity contribution in [1.29, 1.82) is 0 Å². The van der Waals surface area contributed by atoms with Crippen molar-refractivity contribution in [1.82, 2.24) is 5.32 Å². The third-order valence-electron chi connectivity index (χ3n) is 3.41. The maximum absolute atomic E-state index is 5.65. The van der Waals surface area contributed by atoms with Crippen LogP contribution in [0.2, 0.25) is 0 Å². The van der Waals surface area contributed by atoms with Crippen molar-refractivity contribution in [2.24, 2.45) is 0 Å². The molecule has 0 amide bonds. The first-order chi connectivity index (χ1) is 9.36. The highest BCUT2D eigenvalue weighted by molar-refractivity contribution is 5.39. The largest absolute Gasteiger partial charge is 0.497 e. The van der Waals surface area contributed by atoms with Crippen LogP contribution in [0.3, 0.4) is 0 Å². The molecule has 0 aliphatic carbocycles. The third kappa shape index (κ3) is 2.56. The van der Waals surface area contributed by atoms with Gasteiger partial charge in [-0.25, -0.2) is 0 Å². The van der Waals surface area contributed by atoms with Crippen molar-refractivity contribution < 1.29 is 9.47 Å². The van der Waals surface area contributed by atoms with Gasteiger partial charge in [0.05, 0.1) is 13.2 Å². The van der Waals surface area contributed by atoms with Gasteiger partial charge in [0.2, 0.25) is 0 Å². The fraction of sp³-hybridized carbons (Fsp3) is 0.250. The number of fused-ring (bicyclic) bond motifs is 1. The Morgan fingerprint density at radius 1 is 1.16 bits per heavy atom. The predicted molar refractivity (Wildman–Crippen MR) is 74.5 cm³/mol. The Labute approximate surface area is 113 Å². The molecule has 0 saturated carbocycles. The van der Waals surface area contributed by atoms with E-state index in [9.17, 15) is 0 Å². The summed E-state index contributed by atoms with van der Waals surface area (Å²) in [5.74, 6) is 1.88. The molecule has 1 aliphatic heterocycles. The van der Waals surface area contributed by atoms with E-state index in [-0.39, 0.29) is 6.04 Å². The van der Waals surface area contributed by atoms with Crippen LogP contribution >= 0.6 is 0 Å². The van der Waals surface area contributed by atoms with Gasteiger partial charge in [0, 0.05) is 12.1 Å². The molecule has 0 fully saturated rings. The first-order valence-electron chi connectivity index (χ1n) is 6.45. The maximum atomic E-state index is 5.65. The Kier molecular flexibility index (Phi) is 3.38. The van der Waals surface area contributed by atoms with Crippen LogP contribution < -0.4 is 14.8 Å². The minimum absolute atomic E-state index is 0.276. The molecule has 2 aromatic carbocycles. The number of para-hydroxylation sites is 1. The van der Waals surface area contributed by atoms with E-state index in [1.807, 2.05) is 24.3 Å². The summed E-state index contributed by atoms with van der Waals surface area (Å²) in [5, 5.41) is 3.53. The van der Waals surface area contributed by atoms with E-state index in [0.717, 1.165) is 18.0 Å². The van der Waals surface area contributed by atoms with Crippen LogP contribution in [0.15, 0.2) is 48.5 Å². The van der Waals surface area contributed by atoms with Crippen molar-refractivity contribution in [2.45, 2.75) is 12.6 Å². The van der Waals surface area contributed by atoms with Crippen molar-refractivity contribution in [3.8, 4) is 11.5 Å². The van der Waals surface area contributed by atoms with Gasteiger partial charge in [0.25, 0.3) is 0 Å². The summed E-state index contributed by atoms with van der Waals surface area (Å²) in [6.45, 7) is 1.53. The van der Waals surface area contributed by atoms with Gasteiger partial charge in [0.1, 0.15) is 18.1 Å². The Morgan fingerprint density at radius 3 is 2.74 bits per heavy atom. The second kappa shape index (κ2) is 5.33. The molecule has 3 heteroatoms. The topological polar surface area (TPSA) is 30.5 Å². The Morgan fingerprint density at radius 2 is 1.95 bits per heavy atom. The van der Waals surface area contributed by atoms with Crippen molar-refractivity contribution >= 4 is 0 Å². The molecule has 1 N–H and O–H groups in total. The van der Waals surface area contributed by atoms with Gasteiger partial charge < -0.3 is 14.8 Å². The highest BCUT2D eigenvalue weighted by atomic mass is 16.5. The summed E-state index contributed by atoms with van der Waals surface area (Å²) >= 11 is 0. The van der Waals surface area contributed by atoms with Crippen LogP contribution in [-0.2, 0) is 6.54 Å².